The second-order valence-corrected chi connectivity index (χ2v) is 7.05. The Bertz CT molecular complexity index is 1020. The van der Waals surface area contributed by atoms with E-state index in [4.69, 9.17) is 27.9 Å². The molecule has 4 rings (SSSR count). The fraction of sp³-hybridized carbons (Fsp3) is 0.333. The molecule has 0 saturated carbocycles. The Balaban J connectivity index is 0.000000252. The highest BCUT2D eigenvalue weighted by atomic mass is 35.5. The molecule has 0 aliphatic carbocycles. The zero-order valence-electron chi connectivity index (χ0n) is 15.3. The van der Waals surface area contributed by atoms with Gasteiger partial charge in [-0.05, 0) is 18.2 Å². The Labute approximate surface area is 175 Å². The average Bonchev–Trinajstić information content (AvgIpc) is 2.98. The van der Waals surface area contributed by atoms with Crippen molar-refractivity contribution in [1.82, 2.24) is 25.2 Å². The van der Waals surface area contributed by atoms with Gasteiger partial charge in [-0.25, -0.2) is 9.48 Å². The summed E-state index contributed by atoms with van der Waals surface area (Å²) in [6.45, 7) is 3.24. The first-order chi connectivity index (χ1) is 14.0. The molecular weight excluding hydrogens is 421 g/mol. The molecule has 29 heavy (non-hydrogen) atoms. The van der Waals surface area contributed by atoms with Crippen LogP contribution in [-0.2, 0) is 11.3 Å². The molecule has 1 fully saturated rings. The zero-order chi connectivity index (χ0) is 20.6. The molecule has 1 unspecified atom stereocenters. The molecule has 3 heterocycles. The summed E-state index contributed by atoms with van der Waals surface area (Å²) in [5, 5.41) is 12.1. The molecular formula is C18H19Cl2N5O4. The van der Waals surface area contributed by atoms with Crippen molar-refractivity contribution in [3.05, 3.63) is 67.5 Å². The summed E-state index contributed by atoms with van der Waals surface area (Å²) in [6.07, 6.45) is 1.49. The number of rotatable bonds is 3. The van der Waals surface area contributed by atoms with Gasteiger partial charge in [0.05, 0.1) is 35.4 Å². The van der Waals surface area contributed by atoms with Gasteiger partial charge in [0.2, 0.25) is 0 Å². The maximum Gasteiger partial charge on any atom is 0.439 e. The van der Waals surface area contributed by atoms with E-state index in [9.17, 15) is 9.59 Å². The third-order valence-electron chi connectivity index (χ3n) is 4.07. The van der Waals surface area contributed by atoms with E-state index in [0.29, 0.717) is 29.8 Å². The van der Waals surface area contributed by atoms with Crippen LogP contribution in [0.25, 0.3) is 11.4 Å². The second-order valence-electron chi connectivity index (χ2n) is 6.23. The number of aromatic nitrogens is 4. The summed E-state index contributed by atoms with van der Waals surface area (Å²) in [7, 11) is 0. The summed E-state index contributed by atoms with van der Waals surface area (Å²) < 4.78 is 11.2. The van der Waals surface area contributed by atoms with Crippen LogP contribution < -0.4 is 16.6 Å². The Kier molecular flexibility index (Phi) is 7.59. The first-order valence-corrected chi connectivity index (χ1v) is 9.61. The van der Waals surface area contributed by atoms with E-state index in [0.717, 1.165) is 13.1 Å². The highest BCUT2D eigenvalue weighted by Crippen LogP contribution is 2.19. The van der Waals surface area contributed by atoms with E-state index in [1.165, 1.54) is 16.9 Å². The number of hydrogen-bond acceptors (Lipinski definition) is 7. The first-order valence-electron chi connectivity index (χ1n) is 8.85. The Morgan fingerprint density at radius 1 is 1.17 bits per heavy atom. The van der Waals surface area contributed by atoms with E-state index in [1.54, 1.807) is 12.1 Å². The molecule has 1 aliphatic rings. The smallest absolute Gasteiger partial charge is 0.380 e. The Morgan fingerprint density at radius 2 is 1.93 bits per heavy atom. The molecule has 0 amide bonds. The molecule has 2 N–H and O–H groups in total. The van der Waals surface area contributed by atoms with Gasteiger partial charge in [-0.2, -0.15) is 5.10 Å². The Morgan fingerprint density at radius 3 is 2.59 bits per heavy atom. The van der Waals surface area contributed by atoms with Crippen LogP contribution in [0.3, 0.4) is 0 Å². The van der Waals surface area contributed by atoms with Crippen molar-refractivity contribution in [2.75, 3.05) is 26.3 Å². The molecule has 1 aromatic carbocycles. The standard InChI is InChI=1S/C12H15N5O4.C6H4Cl2/c18-11-9(10-15-12(19)21-16-10)1-2-14-17(11)6-8-5-13-3-4-20-7-8;7-5-3-1-2-4-6(5)8/h1-2,8,13H,3-7H2,(H,15,16,19);1-4H. The van der Waals surface area contributed by atoms with Gasteiger partial charge in [-0.3, -0.25) is 14.3 Å². The normalized spacial score (nSPS) is 16.6. The zero-order valence-corrected chi connectivity index (χ0v) is 16.8. The van der Waals surface area contributed by atoms with Crippen molar-refractivity contribution < 1.29 is 9.26 Å². The van der Waals surface area contributed by atoms with E-state index in [-0.39, 0.29) is 22.9 Å². The molecule has 0 spiro atoms. The molecule has 0 radical (unpaired) electrons. The van der Waals surface area contributed by atoms with Crippen molar-refractivity contribution in [1.29, 1.82) is 0 Å². The number of nitrogens with zero attached hydrogens (tertiary/aromatic N) is 3. The van der Waals surface area contributed by atoms with Crippen molar-refractivity contribution in [3.8, 4) is 11.4 Å². The lowest BCUT2D eigenvalue weighted by Gasteiger charge is -2.14. The maximum atomic E-state index is 12.4. The maximum absolute atomic E-state index is 12.4. The van der Waals surface area contributed by atoms with Gasteiger partial charge in [0, 0.05) is 25.2 Å². The average molecular weight is 440 g/mol. The molecule has 1 saturated heterocycles. The molecule has 9 nitrogen and oxygen atoms in total. The van der Waals surface area contributed by atoms with Crippen LogP contribution in [0, 0.1) is 5.92 Å². The molecule has 1 aliphatic heterocycles. The van der Waals surface area contributed by atoms with Gasteiger partial charge in [0.1, 0.15) is 0 Å². The third kappa shape index (κ3) is 6.01. The van der Waals surface area contributed by atoms with Gasteiger partial charge >= 0.3 is 5.76 Å². The van der Waals surface area contributed by atoms with Gasteiger partial charge in [0.25, 0.3) is 5.56 Å². The number of nitrogens with one attached hydrogen (secondary N) is 2. The van der Waals surface area contributed by atoms with Gasteiger partial charge in [-0.1, -0.05) is 40.5 Å². The lowest BCUT2D eigenvalue weighted by Crippen LogP contribution is -2.32. The molecule has 3 aromatic rings. The van der Waals surface area contributed by atoms with E-state index in [1.807, 2.05) is 12.1 Å². The van der Waals surface area contributed by atoms with E-state index < -0.39 is 5.76 Å². The summed E-state index contributed by atoms with van der Waals surface area (Å²) in [4.78, 5) is 25.7. The fourth-order valence-electron chi connectivity index (χ4n) is 2.67. The van der Waals surface area contributed by atoms with E-state index >= 15 is 0 Å². The number of H-pyrrole nitrogens is 1. The largest absolute Gasteiger partial charge is 0.439 e. The first kappa shape index (κ1) is 21.3. The van der Waals surface area contributed by atoms with Crippen molar-refractivity contribution in [3.63, 3.8) is 0 Å². The number of benzene rings is 1. The van der Waals surface area contributed by atoms with Crippen molar-refractivity contribution >= 4 is 23.2 Å². The number of aromatic amines is 1. The number of halogens is 2. The van der Waals surface area contributed by atoms with E-state index in [2.05, 4.69) is 25.1 Å². The summed E-state index contributed by atoms with van der Waals surface area (Å²) in [5.74, 6) is -0.435. The van der Waals surface area contributed by atoms with Crippen LogP contribution in [0.4, 0.5) is 0 Å². The highest BCUT2D eigenvalue weighted by Gasteiger charge is 2.17. The molecule has 2 aromatic heterocycles. The molecule has 11 heteroatoms. The monoisotopic (exact) mass is 439 g/mol. The predicted octanol–water partition coefficient (Wildman–Crippen LogP) is 1.82. The second kappa shape index (κ2) is 10.4. The van der Waals surface area contributed by atoms with Gasteiger partial charge in [-0.15, -0.1) is 0 Å². The third-order valence-corrected chi connectivity index (χ3v) is 4.83. The number of hydrogen-bond donors (Lipinski definition) is 2. The van der Waals surface area contributed by atoms with Crippen LogP contribution in [0.1, 0.15) is 0 Å². The summed E-state index contributed by atoms with van der Waals surface area (Å²) >= 11 is 11.2. The minimum absolute atomic E-state index is 0.108. The highest BCUT2D eigenvalue weighted by molar-refractivity contribution is 6.41. The summed E-state index contributed by atoms with van der Waals surface area (Å²) in [5.41, 5.74) is -0.0790. The van der Waals surface area contributed by atoms with Gasteiger partial charge in [0.15, 0.2) is 5.82 Å². The minimum atomic E-state index is -0.700. The summed E-state index contributed by atoms with van der Waals surface area (Å²) in [6, 6.07) is 8.69. The van der Waals surface area contributed by atoms with Crippen LogP contribution in [0.5, 0.6) is 0 Å². The quantitative estimate of drug-likeness (QED) is 0.639. The van der Waals surface area contributed by atoms with Crippen LogP contribution in [-0.4, -0.2) is 46.2 Å². The van der Waals surface area contributed by atoms with Crippen molar-refractivity contribution in [2.24, 2.45) is 5.92 Å². The van der Waals surface area contributed by atoms with Crippen LogP contribution >= 0.6 is 23.2 Å². The Hall–Kier alpha value is -2.46. The predicted molar refractivity (Wildman–Crippen MR) is 108 cm³/mol. The lowest BCUT2D eigenvalue weighted by molar-refractivity contribution is 0.116. The molecule has 0 bridgehead atoms. The lowest BCUT2D eigenvalue weighted by atomic mass is 10.1. The fourth-order valence-corrected chi connectivity index (χ4v) is 2.94. The minimum Gasteiger partial charge on any atom is -0.380 e. The van der Waals surface area contributed by atoms with Crippen molar-refractivity contribution in [2.45, 2.75) is 6.54 Å². The van der Waals surface area contributed by atoms with Gasteiger partial charge < -0.3 is 10.1 Å². The number of ether oxygens (including phenoxy) is 1. The molecule has 154 valence electrons. The topological polar surface area (TPSA) is 115 Å². The SMILES string of the molecule is Clc1ccccc1Cl.O=c1[nH]c(-c2ccnn(CC3CNCCOC3)c2=O)no1. The van der Waals surface area contributed by atoms with Crippen LogP contribution in [0.2, 0.25) is 10.0 Å². The van der Waals surface area contributed by atoms with Crippen LogP contribution in [0.15, 0.2) is 50.6 Å². The molecule has 1 atom stereocenters.